The summed E-state index contributed by atoms with van der Waals surface area (Å²) in [5, 5.41) is 3.68. The number of hydrogen-bond acceptors (Lipinski definition) is 4. The van der Waals surface area contributed by atoms with Crippen LogP contribution in [0.2, 0.25) is 0 Å². The Morgan fingerprint density at radius 2 is 1.38 bits per heavy atom. The summed E-state index contributed by atoms with van der Waals surface area (Å²) >= 11 is 0. The van der Waals surface area contributed by atoms with E-state index in [1.807, 2.05) is 36.4 Å². The fraction of sp³-hybridized carbons (Fsp3) is 0.0500. The van der Waals surface area contributed by atoms with Gasteiger partial charge in [-0.15, -0.1) is 0 Å². The third kappa shape index (κ3) is 3.23. The third-order valence-electron chi connectivity index (χ3n) is 4.53. The number of fused-ring (bicyclic) bond motifs is 3. The number of rotatable bonds is 3. The average Bonchev–Trinajstić information content (AvgIpc) is 2.63. The number of hydrogen-bond donors (Lipinski definition) is 1. The summed E-state index contributed by atoms with van der Waals surface area (Å²) in [4.78, 5) is 11.7. The van der Waals surface area contributed by atoms with E-state index in [0.717, 1.165) is 22.2 Å². The Morgan fingerprint density at radius 3 is 1.93 bits per heavy atom. The summed E-state index contributed by atoms with van der Waals surface area (Å²) in [6.07, 6.45) is 0. The largest absolute Gasteiger partial charge is 0.534 e. The van der Waals surface area contributed by atoms with E-state index in [2.05, 4.69) is 4.18 Å². The van der Waals surface area contributed by atoms with Crippen molar-refractivity contribution in [1.29, 1.82) is 0 Å². The predicted molar refractivity (Wildman–Crippen MR) is 103 cm³/mol. The first-order valence-corrected chi connectivity index (χ1v) is 9.67. The zero-order valence-corrected chi connectivity index (χ0v) is 15.3. The fourth-order valence-corrected chi connectivity index (χ4v) is 3.67. The van der Waals surface area contributed by atoms with Crippen LogP contribution >= 0.6 is 0 Å². The van der Waals surface area contributed by atoms with Crippen molar-refractivity contribution in [2.24, 2.45) is 5.73 Å². The van der Waals surface area contributed by atoms with Crippen LogP contribution in [0.1, 0.15) is 10.4 Å². The van der Waals surface area contributed by atoms with Gasteiger partial charge < -0.3 is 9.92 Å². The molecule has 1 amide bonds. The van der Waals surface area contributed by atoms with Gasteiger partial charge in [-0.05, 0) is 57.3 Å². The second-order valence-corrected chi connectivity index (χ2v) is 7.95. The maximum Gasteiger partial charge on any atom is 0.534 e. The zero-order chi connectivity index (χ0) is 21.0. The molecule has 0 bridgehead atoms. The smallest absolute Gasteiger partial charge is 0.375 e. The lowest BCUT2D eigenvalue weighted by Crippen LogP contribution is -2.29. The number of halogens is 3. The molecule has 4 rings (SSSR count). The van der Waals surface area contributed by atoms with Crippen LogP contribution in [-0.4, -0.2) is 19.8 Å². The number of nitrogens with two attached hydrogens (primary N) is 1. The first-order valence-electron chi connectivity index (χ1n) is 8.27. The van der Waals surface area contributed by atoms with Crippen molar-refractivity contribution >= 4 is 48.3 Å². The van der Waals surface area contributed by atoms with Crippen molar-refractivity contribution in [3.8, 4) is 5.75 Å². The first kappa shape index (κ1) is 19.0. The van der Waals surface area contributed by atoms with E-state index in [1.165, 1.54) is 12.1 Å². The molecule has 4 aromatic rings. The summed E-state index contributed by atoms with van der Waals surface area (Å²) < 4.78 is 66.1. The van der Waals surface area contributed by atoms with Crippen LogP contribution in [0, 0.1) is 0 Å². The number of amides is 1. The highest BCUT2D eigenvalue weighted by Crippen LogP contribution is 2.37. The average molecular weight is 419 g/mol. The summed E-state index contributed by atoms with van der Waals surface area (Å²) in [5.74, 6) is -1.86. The van der Waals surface area contributed by atoms with Gasteiger partial charge in [-0.2, -0.15) is 21.6 Å². The lowest BCUT2D eigenvalue weighted by molar-refractivity contribution is -0.0499. The number of carbonyl (C=O) groups is 1. The second-order valence-electron chi connectivity index (χ2n) is 6.41. The van der Waals surface area contributed by atoms with E-state index < -0.39 is 32.8 Å². The molecule has 0 aromatic heterocycles. The molecule has 0 radical (unpaired) electrons. The van der Waals surface area contributed by atoms with Gasteiger partial charge in [0.05, 0.1) is 5.56 Å². The van der Waals surface area contributed by atoms with Gasteiger partial charge in [-0.1, -0.05) is 30.3 Å². The minimum atomic E-state index is -5.99. The van der Waals surface area contributed by atoms with E-state index in [1.54, 1.807) is 6.07 Å². The lowest BCUT2D eigenvalue weighted by atomic mass is 9.98. The molecule has 0 aliphatic heterocycles. The number of primary amides is 1. The van der Waals surface area contributed by atoms with Gasteiger partial charge in [0.1, 0.15) is 0 Å². The molecule has 0 aliphatic rings. The summed E-state index contributed by atoms with van der Waals surface area (Å²) in [7, 11) is -5.99. The first-order chi connectivity index (χ1) is 13.6. The Kier molecular flexibility index (Phi) is 4.16. The Balaban J connectivity index is 2.05. The van der Waals surface area contributed by atoms with Gasteiger partial charge >= 0.3 is 15.6 Å². The van der Waals surface area contributed by atoms with E-state index in [9.17, 15) is 26.4 Å². The highest BCUT2D eigenvalue weighted by molar-refractivity contribution is 7.88. The molecule has 0 saturated heterocycles. The molecule has 148 valence electrons. The van der Waals surface area contributed by atoms with Crippen LogP contribution in [0.4, 0.5) is 13.2 Å². The maximum absolute atomic E-state index is 12.9. The van der Waals surface area contributed by atoms with Crippen molar-refractivity contribution in [3.05, 3.63) is 66.2 Å². The maximum atomic E-state index is 12.9. The highest BCUT2D eigenvalue weighted by Gasteiger charge is 2.49. The van der Waals surface area contributed by atoms with E-state index in [4.69, 9.17) is 5.73 Å². The molecule has 0 spiro atoms. The van der Waals surface area contributed by atoms with Gasteiger partial charge in [0.15, 0.2) is 5.75 Å². The number of carbonyl (C=O) groups excluding carboxylic acids is 1. The molecule has 0 saturated carbocycles. The van der Waals surface area contributed by atoms with Crippen LogP contribution in [0.25, 0.3) is 32.3 Å². The van der Waals surface area contributed by atoms with Crippen molar-refractivity contribution < 1.29 is 30.6 Å². The van der Waals surface area contributed by atoms with E-state index in [0.29, 0.717) is 10.8 Å². The van der Waals surface area contributed by atoms with Gasteiger partial charge in [0.25, 0.3) is 5.91 Å². The van der Waals surface area contributed by atoms with Crippen molar-refractivity contribution in [3.63, 3.8) is 0 Å². The summed E-state index contributed by atoms with van der Waals surface area (Å²) in [5.41, 5.74) is -0.897. The van der Waals surface area contributed by atoms with Gasteiger partial charge in [0.2, 0.25) is 0 Å². The number of alkyl halides is 3. The SMILES string of the molecule is NC(=O)c1ccc2cc3cc4ccccc4cc3cc2c1OS(=O)(=O)C(F)(F)F. The Bertz CT molecular complexity index is 1410. The van der Waals surface area contributed by atoms with E-state index in [-0.39, 0.29) is 5.39 Å². The van der Waals surface area contributed by atoms with Gasteiger partial charge in [-0.3, -0.25) is 4.79 Å². The third-order valence-corrected chi connectivity index (χ3v) is 5.49. The molecule has 2 N–H and O–H groups in total. The molecule has 29 heavy (non-hydrogen) atoms. The van der Waals surface area contributed by atoms with Gasteiger partial charge in [0, 0.05) is 5.39 Å². The Hall–Kier alpha value is -3.33. The van der Waals surface area contributed by atoms with Crippen LogP contribution in [0.15, 0.2) is 60.7 Å². The van der Waals surface area contributed by atoms with Gasteiger partial charge in [-0.25, -0.2) is 0 Å². The molecule has 4 aromatic carbocycles. The topological polar surface area (TPSA) is 86.5 Å². The van der Waals surface area contributed by atoms with Crippen molar-refractivity contribution in [1.82, 2.24) is 0 Å². The second kappa shape index (κ2) is 6.35. The van der Waals surface area contributed by atoms with Crippen LogP contribution in [0.5, 0.6) is 5.75 Å². The molecule has 0 aliphatic carbocycles. The minimum absolute atomic E-state index is 0.0249. The van der Waals surface area contributed by atoms with Crippen LogP contribution in [-0.2, 0) is 10.1 Å². The van der Waals surface area contributed by atoms with Crippen molar-refractivity contribution in [2.45, 2.75) is 5.51 Å². The Labute approximate surface area is 162 Å². The summed E-state index contributed by atoms with van der Waals surface area (Å²) in [6.45, 7) is 0. The molecule has 0 atom stereocenters. The Morgan fingerprint density at radius 1 is 0.828 bits per heavy atom. The quantitative estimate of drug-likeness (QED) is 0.302. The normalized spacial score (nSPS) is 12.5. The fourth-order valence-electron chi connectivity index (χ4n) is 3.18. The standard InChI is InChI=1S/C20H12F3NO4S/c21-20(22,23)29(26,27)28-18-16(19(24)25)6-5-13-9-14-7-11-3-1-2-4-12(11)8-15(14)10-17(13)18/h1-10H,(H2,24,25). The molecular formula is C20H12F3NO4S. The summed E-state index contributed by atoms with van der Waals surface area (Å²) in [6, 6.07) is 17.0. The molecule has 5 nitrogen and oxygen atoms in total. The lowest BCUT2D eigenvalue weighted by Gasteiger charge is -2.15. The minimum Gasteiger partial charge on any atom is -0.375 e. The predicted octanol–water partition coefficient (Wildman–Crippen LogP) is 4.47. The monoisotopic (exact) mass is 419 g/mol. The zero-order valence-electron chi connectivity index (χ0n) is 14.5. The van der Waals surface area contributed by atoms with E-state index >= 15 is 0 Å². The molecular weight excluding hydrogens is 407 g/mol. The molecule has 0 unspecified atom stereocenters. The molecule has 9 heteroatoms. The number of benzene rings is 4. The van der Waals surface area contributed by atoms with Crippen molar-refractivity contribution in [2.75, 3.05) is 0 Å². The van der Waals surface area contributed by atoms with Crippen LogP contribution < -0.4 is 9.92 Å². The molecule has 0 heterocycles. The highest BCUT2D eigenvalue weighted by atomic mass is 32.2. The molecule has 0 fully saturated rings. The van der Waals surface area contributed by atoms with Crippen LogP contribution in [0.3, 0.4) is 0 Å².